The lowest BCUT2D eigenvalue weighted by atomic mass is 10.1. The molecule has 0 spiro atoms. The molecule has 0 atom stereocenters. The maximum atomic E-state index is 14.1. The van der Waals surface area contributed by atoms with E-state index in [1.807, 2.05) is 13.0 Å². The van der Waals surface area contributed by atoms with Crippen molar-refractivity contribution in [2.75, 3.05) is 6.61 Å². The van der Waals surface area contributed by atoms with Crippen LogP contribution >= 0.6 is 0 Å². The fourth-order valence-electron chi connectivity index (χ4n) is 2.35. The van der Waals surface area contributed by atoms with Crippen LogP contribution < -0.4 is 4.74 Å². The van der Waals surface area contributed by atoms with Crippen molar-refractivity contribution < 1.29 is 9.13 Å². The number of unbranched alkanes of at least 4 members (excludes halogenated alkanes) is 4. The molecule has 0 aliphatic rings. The quantitative estimate of drug-likeness (QED) is 0.597. The number of rotatable bonds is 9. The average molecular weight is 316 g/mol. The summed E-state index contributed by atoms with van der Waals surface area (Å²) in [5, 5.41) is 0. The van der Waals surface area contributed by atoms with Gasteiger partial charge in [-0.3, -0.25) is 9.97 Å². The zero-order valence-electron chi connectivity index (χ0n) is 14.0. The summed E-state index contributed by atoms with van der Waals surface area (Å²) in [5.74, 6) is -0.0418. The SMILES string of the molecule is CCCCCCCOc1ccc(-c2cnc(CC)cn2)cc1F. The van der Waals surface area contributed by atoms with E-state index in [9.17, 15) is 4.39 Å². The maximum Gasteiger partial charge on any atom is 0.165 e. The fourth-order valence-corrected chi connectivity index (χ4v) is 2.35. The molecule has 2 aromatic rings. The smallest absolute Gasteiger partial charge is 0.165 e. The van der Waals surface area contributed by atoms with Crippen LogP contribution in [0.25, 0.3) is 11.3 Å². The minimum absolute atomic E-state index is 0.308. The summed E-state index contributed by atoms with van der Waals surface area (Å²) in [7, 11) is 0. The molecule has 0 saturated heterocycles. The molecule has 0 amide bonds. The summed E-state index contributed by atoms with van der Waals surface area (Å²) in [6.07, 6.45) is 10.0. The molecule has 4 heteroatoms. The Kier molecular flexibility index (Phi) is 6.98. The summed E-state index contributed by atoms with van der Waals surface area (Å²) in [4.78, 5) is 8.62. The molecule has 23 heavy (non-hydrogen) atoms. The van der Waals surface area contributed by atoms with Gasteiger partial charge in [-0.1, -0.05) is 39.5 Å². The Morgan fingerprint density at radius 2 is 1.83 bits per heavy atom. The molecule has 0 aliphatic carbocycles. The number of nitrogens with zero attached hydrogens (tertiary/aromatic N) is 2. The van der Waals surface area contributed by atoms with Crippen molar-refractivity contribution in [3.63, 3.8) is 0 Å². The molecule has 0 saturated carbocycles. The van der Waals surface area contributed by atoms with Crippen LogP contribution in [0.3, 0.4) is 0 Å². The monoisotopic (exact) mass is 316 g/mol. The van der Waals surface area contributed by atoms with Crippen molar-refractivity contribution in [1.82, 2.24) is 9.97 Å². The van der Waals surface area contributed by atoms with Gasteiger partial charge in [-0.15, -0.1) is 0 Å². The Labute approximate surface area is 137 Å². The third kappa shape index (κ3) is 5.31. The normalized spacial score (nSPS) is 10.7. The molecule has 0 bridgehead atoms. The summed E-state index contributed by atoms with van der Waals surface area (Å²) in [5.41, 5.74) is 2.32. The second-order valence-corrected chi connectivity index (χ2v) is 5.65. The first kappa shape index (κ1) is 17.4. The second kappa shape index (κ2) is 9.23. The molecule has 1 heterocycles. The van der Waals surface area contributed by atoms with Crippen LogP contribution in [0.15, 0.2) is 30.6 Å². The highest BCUT2D eigenvalue weighted by atomic mass is 19.1. The number of halogens is 1. The van der Waals surface area contributed by atoms with E-state index in [-0.39, 0.29) is 5.82 Å². The summed E-state index contributed by atoms with van der Waals surface area (Å²) in [6, 6.07) is 4.96. The molecule has 0 radical (unpaired) electrons. The highest BCUT2D eigenvalue weighted by Crippen LogP contribution is 2.24. The topological polar surface area (TPSA) is 35.0 Å². The zero-order chi connectivity index (χ0) is 16.5. The van der Waals surface area contributed by atoms with Crippen LogP contribution in [0.1, 0.15) is 51.6 Å². The molecule has 124 valence electrons. The number of hydrogen-bond donors (Lipinski definition) is 0. The number of hydrogen-bond acceptors (Lipinski definition) is 3. The van der Waals surface area contributed by atoms with Crippen molar-refractivity contribution in [3.05, 3.63) is 42.1 Å². The van der Waals surface area contributed by atoms with Crippen molar-refractivity contribution in [2.24, 2.45) is 0 Å². The minimum Gasteiger partial charge on any atom is -0.491 e. The standard InChI is InChI=1S/C19H25FN2O/c1-3-5-6-7-8-11-23-19-10-9-15(12-17(19)20)18-14-21-16(4-2)13-22-18/h9-10,12-14H,3-8,11H2,1-2H3. The van der Waals surface area contributed by atoms with Gasteiger partial charge in [-0.2, -0.15) is 0 Å². The fraction of sp³-hybridized carbons (Fsp3) is 0.474. The molecule has 0 fully saturated rings. The molecule has 0 unspecified atom stereocenters. The Morgan fingerprint density at radius 1 is 1.00 bits per heavy atom. The van der Waals surface area contributed by atoms with E-state index in [1.165, 1.54) is 25.3 Å². The lowest BCUT2D eigenvalue weighted by Gasteiger charge is -2.09. The summed E-state index contributed by atoms with van der Waals surface area (Å²) in [6.45, 7) is 4.77. The molecular weight excluding hydrogens is 291 g/mol. The molecule has 0 N–H and O–H groups in total. The van der Waals surface area contributed by atoms with Gasteiger partial charge < -0.3 is 4.74 Å². The zero-order valence-corrected chi connectivity index (χ0v) is 14.0. The molecule has 1 aromatic heterocycles. The number of aryl methyl sites for hydroxylation is 1. The van der Waals surface area contributed by atoms with E-state index >= 15 is 0 Å². The number of ether oxygens (including phenoxy) is 1. The van der Waals surface area contributed by atoms with Gasteiger partial charge in [0, 0.05) is 11.8 Å². The van der Waals surface area contributed by atoms with E-state index in [0.29, 0.717) is 23.6 Å². The minimum atomic E-state index is -0.350. The third-order valence-corrected chi connectivity index (χ3v) is 3.80. The van der Waals surface area contributed by atoms with Gasteiger partial charge in [0.05, 0.1) is 24.2 Å². The predicted molar refractivity (Wildman–Crippen MR) is 91.1 cm³/mol. The second-order valence-electron chi connectivity index (χ2n) is 5.65. The number of aromatic nitrogens is 2. The predicted octanol–water partition coefficient (Wildman–Crippen LogP) is 5.19. The van der Waals surface area contributed by atoms with Crippen molar-refractivity contribution in [2.45, 2.75) is 52.4 Å². The van der Waals surface area contributed by atoms with Crippen LogP contribution in [0.2, 0.25) is 0 Å². The van der Waals surface area contributed by atoms with Gasteiger partial charge >= 0.3 is 0 Å². The lowest BCUT2D eigenvalue weighted by Crippen LogP contribution is -1.99. The van der Waals surface area contributed by atoms with Gasteiger partial charge in [0.25, 0.3) is 0 Å². The lowest BCUT2D eigenvalue weighted by molar-refractivity contribution is 0.290. The Bertz CT molecular complexity index is 599. The molecule has 2 rings (SSSR count). The van der Waals surface area contributed by atoms with Crippen LogP contribution in [-0.4, -0.2) is 16.6 Å². The van der Waals surface area contributed by atoms with E-state index in [0.717, 1.165) is 25.0 Å². The van der Waals surface area contributed by atoms with Crippen molar-refractivity contribution in [3.8, 4) is 17.0 Å². The Morgan fingerprint density at radius 3 is 2.48 bits per heavy atom. The van der Waals surface area contributed by atoms with Gasteiger partial charge in [0.15, 0.2) is 11.6 Å². The van der Waals surface area contributed by atoms with Gasteiger partial charge in [0.2, 0.25) is 0 Å². The van der Waals surface area contributed by atoms with Crippen molar-refractivity contribution in [1.29, 1.82) is 0 Å². The molecule has 1 aromatic carbocycles. The van der Waals surface area contributed by atoms with Gasteiger partial charge in [-0.05, 0) is 31.0 Å². The first-order valence-electron chi connectivity index (χ1n) is 8.48. The van der Waals surface area contributed by atoms with E-state index in [1.54, 1.807) is 18.5 Å². The first-order chi connectivity index (χ1) is 11.2. The van der Waals surface area contributed by atoms with Crippen molar-refractivity contribution >= 4 is 0 Å². The summed E-state index contributed by atoms with van der Waals surface area (Å²) >= 11 is 0. The summed E-state index contributed by atoms with van der Waals surface area (Å²) < 4.78 is 19.7. The maximum absolute atomic E-state index is 14.1. The number of benzene rings is 1. The van der Waals surface area contributed by atoms with Gasteiger partial charge in [-0.25, -0.2) is 4.39 Å². The first-order valence-corrected chi connectivity index (χ1v) is 8.48. The molecule has 0 aliphatic heterocycles. The van der Waals surface area contributed by atoms with E-state index in [4.69, 9.17) is 4.74 Å². The van der Waals surface area contributed by atoms with Crippen LogP contribution in [0.4, 0.5) is 4.39 Å². The molecular formula is C19H25FN2O. The van der Waals surface area contributed by atoms with Gasteiger partial charge in [0.1, 0.15) is 0 Å². The van der Waals surface area contributed by atoms with E-state index < -0.39 is 0 Å². The molecule has 3 nitrogen and oxygen atoms in total. The Balaban J connectivity index is 1.92. The van der Waals surface area contributed by atoms with Crippen LogP contribution in [0.5, 0.6) is 5.75 Å². The van der Waals surface area contributed by atoms with Crippen LogP contribution in [0, 0.1) is 5.82 Å². The average Bonchev–Trinajstić information content (AvgIpc) is 2.59. The largest absolute Gasteiger partial charge is 0.491 e. The van der Waals surface area contributed by atoms with Crippen LogP contribution in [-0.2, 0) is 6.42 Å². The third-order valence-electron chi connectivity index (χ3n) is 3.80. The van der Waals surface area contributed by atoms with E-state index in [2.05, 4.69) is 16.9 Å². The Hall–Kier alpha value is -1.97. The highest BCUT2D eigenvalue weighted by Gasteiger charge is 2.07. The highest BCUT2D eigenvalue weighted by molar-refractivity contribution is 5.59.